The van der Waals surface area contributed by atoms with Crippen molar-refractivity contribution in [3.05, 3.63) is 77.6 Å². The summed E-state index contributed by atoms with van der Waals surface area (Å²) in [5, 5.41) is 0. The van der Waals surface area contributed by atoms with E-state index in [1.54, 1.807) is 6.20 Å². The highest BCUT2D eigenvalue weighted by Crippen LogP contribution is 2.53. The minimum Gasteiger partial charge on any atom is -0.292 e. The SMILES string of the molecule is Cc1ccc([C@@H]2[C@@H](C(=O)c3ccccn3)[C@H]3C=C[C@@H]2C3)cc1. The number of fused-ring (bicyclic) bond motifs is 2. The van der Waals surface area contributed by atoms with Crippen LogP contribution in [-0.4, -0.2) is 10.8 Å². The molecule has 0 radical (unpaired) electrons. The fourth-order valence-corrected chi connectivity index (χ4v) is 4.10. The summed E-state index contributed by atoms with van der Waals surface area (Å²) in [6.07, 6.45) is 7.34. The molecule has 0 spiro atoms. The van der Waals surface area contributed by atoms with E-state index in [9.17, 15) is 4.79 Å². The molecule has 0 saturated heterocycles. The maximum atomic E-state index is 13.0. The third kappa shape index (κ3) is 2.10. The quantitative estimate of drug-likeness (QED) is 0.627. The number of rotatable bonds is 3. The number of hydrogen-bond donors (Lipinski definition) is 0. The number of hydrogen-bond acceptors (Lipinski definition) is 2. The first-order valence-electron chi connectivity index (χ1n) is 7.94. The van der Waals surface area contributed by atoms with Crippen molar-refractivity contribution in [2.75, 3.05) is 0 Å². The van der Waals surface area contributed by atoms with Crippen molar-refractivity contribution >= 4 is 5.78 Å². The Kier molecular flexibility index (Phi) is 3.18. The molecule has 2 heteroatoms. The normalized spacial score (nSPS) is 29.0. The summed E-state index contributed by atoms with van der Waals surface area (Å²) in [6, 6.07) is 14.3. The molecular weight excluding hydrogens is 270 g/mol. The van der Waals surface area contributed by atoms with E-state index in [0.717, 1.165) is 6.42 Å². The van der Waals surface area contributed by atoms with Crippen molar-refractivity contribution in [1.29, 1.82) is 0 Å². The van der Waals surface area contributed by atoms with Gasteiger partial charge in [-0.3, -0.25) is 9.78 Å². The predicted molar refractivity (Wildman–Crippen MR) is 86.7 cm³/mol. The molecule has 22 heavy (non-hydrogen) atoms. The second-order valence-corrected chi connectivity index (χ2v) is 6.49. The second kappa shape index (κ2) is 5.20. The van der Waals surface area contributed by atoms with E-state index in [1.165, 1.54) is 11.1 Å². The summed E-state index contributed by atoms with van der Waals surface area (Å²) in [4.78, 5) is 17.3. The number of allylic oxidation sites excluding steroid dienone is 2. The molecule has 0 unspecified atom stereocenters. The zero-order valence-electron chi connectivity index (χ0n) is 12.6. The van der Waals surface area contributed by atoms with Crippen LogP contribution in [0.5, 0.6) is 0 Å². The van der Waals surface area contributed by atoms with Gasteiger partial charge in [0.2, 0.25) is 0 Å². The predicted octanol–water partition coefficient (Wildman–Crippen LogP) is 4.18. The third-order valence-electron chi connectivity index (χ3n) is 5.14. The van der Waals surface area contributed by atoms with Gasteiger partial charge in [0.15, 0.2) is 5.78 Å². The molecule has 0 aliphatic heterocycles. The first-order valence-corrected chi connectivity index (χ1v) is 7.94. The number of benzene rings is 1. The highest BCUT2D eigenvalue weighted by Gasteiger charge is 2.48. The molecule has 110 valence electrons. The molecule has 2 aliphatic rings. The molecule has 2 bridgehead atoms. The molecule has 1 heterocycles. The maximum Gasteiger partial charge on any atom is 0.185 e. The van der Waals surface area contributed by atoms with Gasteiger partial charge in [-0.15, -0.1) is 0 Å². The van der Waals surface area contributed by atoms with Gasteiger partial charge in [-0.25, -0.2) is 0 Å². The van der Waals surface area contributed by atoms with Crippen LogP contribution in [0.1, 0.15) is 34.0 Å². The number of aryl methyl sites for hydroxylation is 1. The Labute approximate surface area is 130 Å². The molecular formula is C20H19NO. The summed E-state index contributed by atoms with van der Waals surface area (Å²) in [6.45, 7) is 2.10. The van der Waals surface area contributed by atoms with Gasteiger partial charge in [0.1, 0.15) is 5.69 Å². The smallest absolute Gasteiger partial charge is 0.185 e. The largest absolute Gasteiger partial charge is 0.292 e. The second-order valence-electron chi connectivity index (χ2n) is 6.49. The number of nitrogens with zero attached hydrogens (tertiary/aromatic N) is 1. The fourth-order valence-electron chi connectivity index (χ4n) is 4.10. The Morgan fingerprint density at radius 2 is 1.82 bits per heavy atom. The average Bonchev–Trinajstić information content (AvgIpc) is 3.17. The number of carbonyl (C=O) groups is 1. The number of carbonyl (C=O) groups excluding carboxylic acids is 1. The van der Waals surface area contributed by atoms with Crippen LogP contribution >= 0.6 is 0 Å². The number of pyridine rings is 1. The highest BCUT2D eigenvalue weighted by molar-refractivity contribution is 5.97. The first kappa shape index (κ1) is 13.4. The highest BCUT2D eigenvalue weighted by atomic mass is 16.1. The Morgan fingerprint density at radius 1 is 1.05 bits per heavy atom. The van der Waals surface area contributed by atoms with Crippen LogP contribution in [0, 0.1) is 24.7 Å². The van der Waals surface area contributed by atoms with Crippen molar-refractivity contribution in [3.8, 4) is 0 Å². The molecule has 1 aromatic heterocycles. The molecule has 0 N–H and O–H groups in total. The van der Waals surface area contributed by atoms with E-state index in [1.807, 2.05) is 18.2 Å². The summed E-state index contributed by atoms with van der Waals surface area (Å²) in [5.41, 5.74) is 3.15. The lowest BCUT2D eigenvalue weighted by molar-refractivity contribution is 0.0881. The van der Waals surface area contributed by atoms with E-state index in [0.29, 0.717) is 23.4 Å². The fraction of sp³-hybridized carbons (Fsp3) is 0.300. The number of aromatic nitrogens is 1. The molecule has 4 rings (SSSR count). The lowest BCUT2D eigenvalue weighted by Crippen LogP contribution is -2.27. The van der Waals surface area contributed by atoms with Crippen LogP contribution in [0.2, 0.25) is 0 Å². The van der Waals surface area contributed by atoms with Crippen LogP contribution < -0.4 is 0 Å². The van der Waals surface area contributed by atoms with Crippen LogP contribution in [-0.2, 0) is 0 Å². The molecule has 4 atom stereocenters. The van der Waals surface area contributed by atoms with Crippen LogP contribution in [0.4, 0.5) is 0 Å². The first-order chi connectivity index (χ1) is 10.7. The third-order valence-corrected chi connectivity index (χ3v) is 5.14. The van der Waals surface area contributed by atoms with Gasteiger partial charge >= 0.3 is 0 Å². The minimum absolute atomic E-state index is 0.0348. The van der Waals surface area contributed by atoms with Gasteiger partial charge in [0, 0.05) is 18.0 Å². The zero-order chi connectivity index (χ0) is 15.1. The molecule has 2 aromatic rings. The Bertz CT molecular complexity index is 717. The number of ketones is 1. The van der Waals surface area contributed by atoms with E-state index in [2.05, 4.69) is 48.3 Å². The molecule has 0 amide bonds. The van der Waals surface area contributed by atoms with Gasteiger partial charge in [0.05, 0.1) is 0 Å². The molecule has 1 saturated carbocycles. The van der Waals surface area contributed by atoms with Crippen molar-refractivity contribution in [1.82, 2.24) is 4.98 Å². The van der Waals surface area contributed by atoms with Gasteiger partial charge in [-0.2, -0.15) is 0 Å². The van der Waals surface area contributed by atoms with Crippen LogP contribution in [0.3, 0.4) is 0 Å². The van der Waals surface area contributed by atoms with Gasteiger partial charge < -0.3 is 0 Å². The summed E-state index contributed by atoms with van der Waals surface area (Å²) in [5.74, 6) is 1.39. The topological polar surface area (TPSA) is 30.0 Å². The van der Waals surface area contributed by atoms with E-state index in [4.69, 9.17) is 0 Å². The number of Topliss-reactive ketones (excluding diaryl/α,β-unsaturated/α-hetero) is 1. The Balaban J connectivity index is 1.72. The molecule has 2 aliphatic carbocycles. The molecule has 1 fully saturated rings. The van der Waals surface area contributed by atoms with E-state index in [-0.39, 0.29) is 11.7 Å². The van der Waals surface area contributed by atoms with Crippen molar-refractivity contribution < 1.29 is 4.79 Å². The molecule has 1 aromatic carbocycles. The average molecular weight is 289 g/mol. The summed E-state index contributed by atoms with van der Waals surface area (Å²) in [7, 11) is 0. The lowest BCUT2D eigenvalue weighted by Gasteiger charge is -2.27. The summed E-state index contributed by atoms with van der Waals surface area (Å²) >= 11 is 0. The standard InChI is InChI=1S/C20H19NO/c1-13-5-7-14(8-6-13)18-15-9-10-16(12-15)19(18)20(22)17-4-2-3-11-21-17/h2-11,15-16,18-19H,12H2,1H3/t15-,16+,18+,19+/m1/s1. The van der Waals surface area contributed by atoms with E-state index >= 15 is 0 Å². The zero-order valence-corrected chi connectivity index (χ0v) is 12.6. The monoisotopic (exact) mass is 289 g/mol. The van der Waals surface area contributed by atoms with Gasteiger partial charge in [0.25, 0.3) is 0 Å². The van der Waals surface area contributed by atoms with Crippen molar-refractivity contribution in [3.63, 3.8) is 0 Å². The summed E-state index contributed by atoms with van der Waals surface area (Å²) < 4.78 is 0. The van der Waals surface area contributed by atoms with Crippen LogP contribution in [0.15, 0.2) is 60.8 Å². The molecule has 2 nitrogen and oxygen atoms in total. The van der Waals surface area contributed by atoms with Crippen LogP contribution in [0.25, 0.3) is 0 Å². The van der Waals surface area contributed by atoms with Gasteiger partial charge in [-0.1, -0.05) is 48.0 Å². The van der Waals surface area contributed by atoms with Crippen molar-refractivity contribution in [2.45, 2.75) is 19.3 Å². The maximum absolute atomic E-state index is 13.0. The Hall–Kier alpha value is -2.22. The van der Waals surface area contributed by atoms with Gasteiger partial charge in [-0.05, 0) is 42.9 Å². The van der Waals surface area contributed by atoms with Crippen molar-refractivity contribution in [2.24, 2.45) is 17.8 Å². The minimum atomic E-state index is 0.0348. The Morgan fingerprint density at radius 3 is 2.55 bits per heavy atom. The lowest BCUT2D eigenvalue weighted by atomic mass is 9.75. The van der Waals surface area contributed by atoms with E-state index < -0.39 is 0 Å².